The quantitative estimate of drug-likeness (QED) is 0.848. The highest BCUT2D eigenvalue weighted by molar-refractivity contribution is 6.42. The Balaban J connectivity index is 2.15. The summed E-state index contributed by atoms with van der Waals surface area (Å²) in [6, 6.07) is 5.45. The van der Waals surface area contributed by atoms with Gasteiger partial charge in [0.2, 0.25) is 0 Å². The molecule has 1 aliphatic rings. The molecule has 1 aromatic rings. The van der Waals surface area contributed by atoms with E-state index in [0.717, 1.165) is 12.0 Å². The van der Waals surface area contributed by atoms with Crippen molar-refractivity contribution in [2.24, 2.45) is 5.92 Å². The minimum atomic E-state index is -0.548. The number of hydrogen-bond donors (Lipinski definition) is 2. The Bertz CT molecular complexity index is 598. The van der Waals surface area contributed by atoms with Gasteiger partial charge < -0.3 is 15.2 Å². The molecule has 4 nitrogen and oxygen atoms in total. The first kappa shape index (κ1) is 18.4. The van der Waals surface area contributed by atoms with Crippen LogP contribution in [-0.4, -0.2) is 29.4 Å². The van der Waals surface area contributed by atoms with E-state index >= 15 is 0 Å². The van der Waals surface area contributed by atoms with Crippen LogP contribution in [0.2, 0.25) is 10.0 Å². The molecule has 2 unspecified atom stereocenters. The summed E-state index contributed by atoms with van der Waals surface area (Å²) in [5, 5.41) is 13.7. The predicted octanol–water partition coefficient (Wildman–Crippen LogP) is 4.16. The number of aliphatic hydroxyl groups excluding tert-OH is 1. The molecule has 0 bridgehead atoms. The number of amides is 1. The summed E-state index contributed by atoms with van der Waals surface area (Å²) in [5.74, 6) is 0.0645. The standard InChI is InChI=1S/C17H23Cl2NO3/c1-10(21)12-8-17(12,9-20-15(22)23-16(2,3)4)11-5-6-13(18)14(19)7-11/h5-7,10,12,21H,8-9H2,1-4H3,(H,20,22)/t10?,12-,17?/m1/s1. The number of rotatable bonds is 4. The summed E-state index contributed by atoms with van der Waals surface area (Å²) in [7, 11) is 0. The zero-order chi connectivity index (χ0) is 17.4. The smallest absolute Gasteiger partial charge is 0.407 e. The van der Waals surface area contributed by atoms with Crippen LogP contribution >= 0.6 is 23.2 Å². The predicted molar refractivity (Wildman–Crippen MR) is 92.2 cm³/mol. The van der Waals surface area contributed by atoms with Crippen molar-refractivity contribution in [1.82, 2.24) is 5.32 Å². The fraction of sp³-hybridized carbons (Fsp3) is 0.588. The number of ether oxygens (including phenoxy) is 1. The third-order valence-corrected chi connectivity index (χ3v) is 4.90. The summed E-state index contributed by atoms with van der Waals surface area (Å²) in [6.45, 7) is 7.60. The van der Waals surface area contributed by atoms with E-state index in [9.17, 15) is 9.90 Å². The first-order chi connectivity index (χ1) is 10.5. The third kappa shape index (κ3) is 4.31. The van der Waals surface area contributed by atoms with Crippen molar-refractivity contribution in [3.8, 4) is 0 Å². The molecular weight excluding hydrogens is 337 g/mol. The lowest BCUT2D eigenvalue weighted by atomic mass is 9.91. The molecule has 6 heteroatoms. The second kappa shape index (κ2) is 6.50. The molecule has 0 saturated heterocycles. The maximum atomic E-state index is 11.9. The van der Waals surface area contributed by atoms with Crippen molar-refractivity contribution in [2.75, 3.05) is 6.54 Å². The Morgan fingerprint density at radius 3 is 2.57 bits per heavy atom. The number of halogens is 2. The lowest BCUT2D eigenvalue weighted by Crippen LogP contribution is -2.38. The van der Waals surface area contributed by atoms with Crippen molar-refractivity contribution < 1.29 is 14.6 Å². The molecule has 128 valence electrons. The van der Waals surface area contributed by atoms with Crippen molar-refractivity contribution in [1.29, 1.82) is 0 Å². The molecule has 2 N–H and O–H groups in total. The molecule has 0 spiro atoms. The van der Waals surface area contributed by atoms with Gasteiger partial charge in [0.1, 0.15) is 5.60 Å². The second-order valence-corrected chi connectivity index (χ2v) is 8.01. The summed E-state index contributed by atoms with van der Waals surface area (Å²) in [5.41, 5.74) is 0.0849. The first-order valence-electron chi connectivity index (χ1n) is 7.65. The van der Waals surface area contributed by atoms with Gasteiger partial charge in [-0.25, -0.2) is 4.79 Å². The van der Waals surface area contributed by atoms with Gasteiger partial charge in [-0.1, -0.05) is 29.3 Å². The van der Waals surface area contributed by atoms with Crippen LogP contribution in [-0.2, 0) is 10.2 Å². The van der Waals surface area contributed by atoms with E-state index < -0.39 is 17.8 Å². The Morgan fingerprint density at radius 1 is 1.43 bits per heavy atom. The molecule has 1 aliphatic carbocycles. The van der Waals surface area contributed by atoms with Gasteiger partial charge in [0, 0.05) is 12.0 Å². The maximum absolute atomic E-state index is 11.9. The van der Waals surface area contributed by atoms with E-state index in [-0.39, 0.29) is 11.3 Å². The van der Waals surface area contributed by atoms with Gasteiger partial charge >= 0.3 is 6.09 Å². The van der Waals surface area contributed by atoms with Gasteiger partial charge in [-0.15, -0.1) is 0 Å². The highest BCUT2D eigenvalue weighted by atomic mass is 35.5. The number of benzene rings is 1. The van der Waals surface area contributed by atoms with Crippen molar-refractivity contribution in [3.05, 3.63) is 33.8 Å². The maximum Gasteiger partial charge on any atom is 0.407 e. The Morgan fingerprint density at radius 2 is 2.09 bits per heavy atom. The molecule has 0 aliphatic heterocycles. The number of nitrogens with one attached hydrogen (secondary N) is 1. The SMILES string of the molecule is CC(O)[C@H]1CC1(CNC(=O)OC(C)(C)C)c1ccc(Cl)c(Cl)c1. The van der Waals surface area contributed by atoms with E-state index in [0.29, 0.717) is 16.6 Å². The monoisotopic (exact) mass is 359 g/mol. The minimum Gasteiger partial charge on any atom is -0.444 e. The average Bonchev–Trinajstić information content (AvgIpc) is 3.14. The normalized spacial score (nSPS) is 24.9. The number of alkyl carbamates (subject to hydrolysis) is 1. The molecule has 1 saturated carbocycles. The van der Waals surface area contributed by atoms with E-state index in [2.05, 4.69) is 5.32 Å². The van der Waals surface area contributed by atoms with Crippen LogP contribution < -0.4 is 5.32 Å². The van der Waals surface area contributed by atoms with Crippen molar-refractivity contribution in [3.63, 3.8) is 0 Å². The molecule has 0 heterocycles. The van der Waals surface area contributed by atoms with E-state index in [1.54, 1.807) is 13.0 Å². The molecule has 3 atom stereocenters. The second-order valence-electron chi connectivity index (χ2n) is 7.19. The van der Waals surface area contributed by atoms with Crippen molar-refractivity contribution in [2.45, 2.75) is 51.2 Å². The number of aliphatic hydroxyl groups is 1. The Hall–Kier alpha value is -0.970. The molecule has 2 rings (SSSR count). The summed E-state index contributed by atoms with van der Waals surface area (Å²) in [4.78, 5) is 11.9. The molecular formula is C17H23Cl2NO3. The van der Waals surface area contributed by atoms with E-state index in [1.807, 2.05) is 32.9 Å². The minimum absolute atomic E-state index is 0.0645. The average molecular weight is 360 g/mol. The van der Waals surface area contributed by atoms with Gasteiger partial charge in [-0.05, 0) is 57.7 Å². The molecule has 0 aromatic heterocycles. The van der Waals surface area contributed by atoms with Crippen LogP contribution in [0.3, 0.4) is 0 Å². The zero-order valence-electron chi connectivity index (χ0n) is 13.8. The molecule has 23 heavy (non-hydrogen) atoms. The van der Waals surface area contributed by atoms with Gasteiger partial charge in [0.15, 0.2) is 0 Å². The van der Waals surface area contributed by atoms with Gasteiger partial charge in [-0.2, -0.15) is 0 Å². The fourth-order valence-corrected chi connectivity index (χ4v) is 3.25. The molecule has 0 radical (unpaired) electrons. The van der Waals surface area contributed by atoms with Crippen LogP contribution in [0.25, 0.3) is 0 Å². The number of hydrogen-bond acceptors (Lipinski definition) is 3. The summed E-state index contributed by atoms with van der Waals surface area (Å²) >= 11 is 12.1. The Labute approximate surface area is 147 Å². The number of carbonyl (C=O) groups is 1. The lowest BCUT2D eigenvalue weighted by molar-refractivity contribution is 0.0518. The first-order valence-corrected chi connectivity index (χ1v) is 8.41. The van der Waals surface area contributed by atoms with Gasteiger partial charge in [-0.3, -0.25) is 0 Å². The summed E-state index contributed by atoms with van der Waals surface area (Å²) in [6.07, 6.45) is -0.156. The van der Waals surface area contributed by atoms with Crippen LogP contribution in [0, 0.1) is 5.92 Å². The fourth-order valence-electron chi connectivity index (χ4n) is 2.95. The lowest BCUT2D eigenvalue weighted by Gasteiger charge is -2.23. The highest BCUT2D eigenvalue weighted by Crippen LogP contribution is 2.56. The number of carbonyl (C=O) groups excluding carboxylic acids is 1. The zero-order valence-corrected chi connectivity index (χ0v) is 15.3. The molecule has 1 fully saturated rings. The molecule has 1 amide bonds. The van der Waals surface area contributed by atoms with Gasteiger partial charge in [0.05, 0.1) is 16.1 Å². The summed E-state index contributed by atoms with van der Waals surface area (Å²) < 4.78 is 5.28. The van der Waals surface area contributed by atoms with E-state index in [4.69, 9.17) is 27.9 Å². The van der Waals surface area contributed by atoms with Crippen LogP contribution in [0.5, 0.6) is 0 Å². The van der Waals surface area contributed by atoms with E-state index in [1.165, 1.54) is 0 Å². The molecule has 1 aromatic carbocycles. The largest absolute Gasteiger partial charge is 0.444 e. The van der Waals surface area contributed by atoms with Crippen LogP contribution in [0.4, 0.5) is 4.79 Å². The van der Waals surface area contributed by atoms with Crippen LogP contribution in [0.1, 0.15) is 39.7 Å². The topological polar surface area (TPSA) is 58.6 Å². The third-order valence-electron chi connectivity index (χ3n) is 4.16. The highest BCUT2D eigenvalue weighted by Gasteiger charge is 2.57. The van der Waals surface area contributed by atoms with Crippen molar-refractivity contribution >= 4 is 29.3 Å². The Kier molecular flexibility index (Phi) is 5.19. The van der Waals surface area contributed by atoms with Crippen LogP contribution in [0.15, 0.2) is 18.2 Å². The van der Waals surface area contributed by atoms with Gasteiger partial charge in [0.25, 0.3) is 0 Å².